The van der Waals surface area contributed by atoms with Gasteiger partial charge in [-0.1, -0.05) is 6.07 Å². The van der Waals surface area contributed by atoms with Crippen molar-refractivity contribution in [1.29, 1.82) is 0 Å². The van der Waals surface area contributed by atoms with E-state index >= 15 is 0 Å². The molecule has 6 nitrogen and oxygen atoms in total. The van der Waals surface area contributed by atoms with Gasteiger partial charge in [0.1, 0.15) is 11.5 Å². The standard InChI is InChI=1S/C19H24N2O4S/c1-15-4-9-19(25-3)18(14-15)20-10-12-21(13-11-20)26(22,23)17-7-5-16(24-2)6-8-17/h4-9,14H,10-13H2,1-3H3. The number of rotatable bonds is 5. The molecule has 7 heteroatoms. The van der Waals surface area contributed by atoms with Gasteiger partial charge in [0.2, 0.25) is 10.0 Å². The van der Waals surface area contributed by atoms with E-state index in [0.29, 0.717) is 36.8 Å². The molecule has 0 radical (unpaired) electrons. The first-order valence-corrected chi connectivity index (χ1v) is 9.93. The Bertz CT molecular complexity index is 858. The maximum Gasteiger partial charge on any atom is 0.243 e. The minimum atomic E-state index is -3.50. The van der Waals surface area contributed by atoms with Crippen molar-refractivity contribution in [2.45, 2.75) is 11.8 Å². The Hall–Kier alpha value is -2.25. The summed E-state index contributed by atoms with van der Waals surface area (Å²) in [5, 5.41) is 0. The summed E-state index contributed by atoms with van der Waals surface area (Å²) in [4.78, 5) is 2.46. The van der Waals surface area contributed by atoms with Crippen LogP contribution in [0.3, 0.4) is 0 Å². The van der Waals surface area contributed by atoms with Gasteiger partial charge in [-0.05, 0) is 48.9 Å². The predicted molar refractivity (Wildman–Crippen MR) is 102 cm³/mol. The summed E-state index contributed by atoms with van der Waals surface area (Å²) in [5.74, 6) is 1.45. The van der Waals surface area contributed by atoms with Gasteiger partial charge in [0.25, 0.3) is 0 Å². The van der Waals surface area contributed by atoms with Crippen molar-refractivity contribution in [3.63, 3.8) is 0 Å². The molecule has 0 bridgehead atoms. The molecule has 0 unspecified atom stereocenters. The molecule has 26 heavy (non-hydrogen) atoms. The molecule has 2 aromatic carbocycles. The molecule has 0 amide bonds. The van der Waals surface area contributed by atoms with Crippen LogP contribution in [0.25, 0.3) is 0 Å². The largest absolute Gasteiger partial charge is 0.497 e. The van der Waals surface area contributed by atoms with E-state index in [2.05, 4.69) is 11.0 Å². The van der Waals surface area contributed by atoms with Gasteiger partial charge in [-0.15, -0.1) is 0 Å². The number of benzene rings is 2. The molecule has 0 spiro atoms. The second-order valence-corrected chi connectivity index (χ2v) is 8.18. The molecule has 0 atom stereocenters. The minimum Gasteiger partial charge on any atom is -0.497 e. The minimum absolute atomic E-state index is 0.292. The van der Waals surface area contributed by atoms with Crippen LogP contribution < -0.4 is 14.4 Å². The summed E-state index contributed by atoms with van der Waals surface area (Å²) in [7, 11) is -0.287. The van der Waals surface area contributed by atoms with E-state index in [-0.39, 0.29) is 0 Å². The van der Waals surface area contributed by atoms with Crippen LogP contribution in [0.4, 0.5) is 5.69 Å². The quantitative estimate of drug-likeness (QED) is 0.803. The van der Waals surface area contributed by atoms with Gasteiger partial charge in [-0.25, -0.2) is 8.42 Å². The number of nitrogens with zero attached hydrogens (tertiary/aromatic N) is 2. The normalized spacial score (nSPS) is 15.7. The number of anilines is 1. The Morgan fingerprint density at radius 2 is 1.54 bits per heavy atom. The summed E-state index contributed by atoms with van der Waals surface area (Å²) in [6, 6.07) is 12.5. The van der Waals surface area contributed by atoms with E-state index in [1.807, 2.05) is 19.1 Å². The molecule has 0 N–H and O–H groups in total. The molecule has 1 saturated heterocycles. The first-order chi connectivity index (χ1) is 12.5. The highest BCUT2D eigenvalue weighted by Crippen LogP contribution is 2.31. The third-order valence-corrected chi connectivity index (χ3v) is 6.52. The maximum absolute atomic E-state index is 12.8. The van der Waals surface area contributed by atoms with Gasteiger partial charge >= 0.3 is 0 Å². The van der Waals surface area contributed by atoms with Crippen molar-refractivity contribution in [2.24, 2.45) is 0 Å². The number of sulfonamides is 1. The molecule has 2 aromatic rings. The molecule has 140 valence electrons. The van der Waals surface area contributed by atoms with Gasteiger partial charge in [0.05, 0.1) is 24.8 Å². The molecule has 0 aliphatic carbocycles. The highest BCUT2D eigenvalue weighted by Gasteiger charge is 2.29. The Morgan fingerprint density at radius 1 is 0.885 bits per heavy atom. The fourth-order valence-corrected chi connectivity index (χ4v) is 4.54. The van der Waals surface area contributed by atoms with E-state index in [1.165, 1.54) is 4.31 Å². The molecule has 1 aliphatic heterocycles. The first-order valence-electron chi connectivity index (χ1n) is 8.49. The smallest absolute Gasteiger partial charge is 0.243 e. The van der Waals surface area contributed by atoms with Crippen LogP contribution in [-0.4, -0.2) is 53.1 Å². The van der Waals surface area contributed by atoms with Crippen LogP contribution in [0.1, 0.15) is 5.56 Å². The third kappa shape index (κ3) is 3.64. The molecule has 1 heterocycles. The lowest BCUT2D eigenvalue weighted by Gasteiger charge is -2.36. The SMILES string of the molecule is COc1ccc(S(=O)(=O)N2CCN(c3cc(C)ccc3OC)CC2)cc1. The molecule has 1 aliphatic rings. The van der Waals surface area contributed by atoms with Crippen molar-refractivity contribution in [3.05, 3.63) is 48.0 Å². The molecule has 0 saturated carbocycles. The summed E-state index contributed by atoms with van der Waals surface area (Å²) in [6.45, 7) is 4.15. The predicted octanol–water partition coefficient (Wildman–Crippen LogP) is 2.52. The Kier molecular flexibility index (Phi) is 5.38. The lowest BCUT2D eigenvalue weighted by Crippen LogP contribution is -2.48. The summed E-state index contributed by atoms with van der Waals surface area (Å²) < 4.78 is 37.8. The van der Waals surface area contributed by atoms with Gasteiger partial charge in [0, 0.05) is 26.2 Å². The molecule has 0 aromatic heterocycles. The highest BCUT2D eigenvalue weighted by molar-refractivity contribution is 7.89. The third-order valence-electron chi connectivity index (χ3n) is 4.61. The van der Waals surface area contributed by atoms with Gasteiger partial charge < -0.3 is 14.4 Å². The van der Waals surface area contributed by atoms with Crippen LogP contribution in [-0.2, 0) is 10.0 Å². The van der Waals surface area contributed by atoms with E-state index in [1.54, 1.807) is 38.5 Å². The zero-order valence-corrected chi connectivity index (χ0v) is 16.1. The number of ether oxygens (including phenoxy) is 2. The van der Waals surface area contributed by atoms with E-state index in [0.717, 1.165) is 17.0 Å². The number of aryl methyl sites for hydroxylation is 1. The Balaban J connectivity index is 1.74. The van der Waals surface area contributed by atoms with Crippen LogP contribution in [0.5, 0.6) is 11.5 Å². The second kappa shape index (κ2) is 7.55. The van der Waals surface area contributed by atoms with E-state index < -0.39 is 10.0 Å². The van der Waals surface area contributed by atoms with Crippen molar-refractivity contribution in [3.8, 4) is 11.5 Å². The summed E-state index contributed by atoms with van der Waals surface area (Å²) in [5.41, 5.74) is 2.16. The van der Waals surface area contributed by atoms with Gasteiger partial charge in [-0.3, -0.25) is 0 Å². The monoisotopic (exact) mass is 376 g/mol. The number of piperazine rings is 1. The zero-order chi connectivity index (χ0) is 18.7. The zero-order valence-electron chi connectivity index (χ0n) is 15.3. The second-order valence-electron chi connectivity index (χ2n) is 6.24. The van der Waals surface area contributed by atoms with Crippen LogP contribution in [0, 0.1) is 6.92 Å². The Morgan fingerprint density at radius 3 is 2.12 bits per heavy atom. The van der Waals surface area contributed by atoms with Crippen molar-refractivity contribution in [1.82, 2.24) is 4.31 Å². The lowest BCUT2D eigenvalue weighted by atomic mass is 10.1. The van der Waals surface area contributed by atoms with Crippen molar-refractivity contribution >= 4 is 15.7 Å². The Labute approximate surface area is 155 Å². The number of hydrogen-bond acceptors (Lipinski definition) is 5. The average Bonchev–Trinajstić information content (AvgIpc) is 2.68. The summed E-state index contributed by atoms with van der Waals surface area (Å²) in [6.07, 6.45) is 0. The molecular weight excluding hydrogens is 352 g/mol. The first kappa shape index (κ1) is 18.5. The topological polar surface area (TPSA) is 59.1 Å². The van der Waals surface area contributed by atoms with Crippen LogP contribution in [0.2, 0.25) is 0 Å². The number of hydrogen-bond donors (Lipinski definition) is 0. The molecular formula is C19H24N2O4S. The average molecular weight is 376 g/mol. The lowest BCUT2D eigenvalue weighted by molar-refractivity contribution is 0.378. The highest BCUT2D eigenvalue weighted by atomic mass is 32.2. The van der Waals surface area contributed by atoms with Gasteiger partial charge in [-0.2, -0.15) is 4.31 Å². The van der Waals surface area contributed by atoms with Crippen molar-refractivity contribution < 1.29 is 17.9 Å². The van der Waals surface area contributed by atoms with E-state index in [4.69, 9.17) is 9.47 Å². The van der Waals surface area contributed by atoms with Gasteiger partial charge in [0.15, 0.2) is 0 Å². The molecule has 1 fully saturated rings. The van der Waals surface area contributed by atoms with Crippen LogP contribution >= 0.6 is 0 Å². The fraction of sp³-hybridized carbons (Fsp3) is 0.368. The molecule has 3 rings (SSSR count). The fourth-order valence-electron chi connectivity index (χ4n) is 3.11. The summed E-state index contributed by atoms with van der Waals surface area (Å²) >= 11 is 0. The van der Waals surface area contributed by atoms with Crippen LogP contribution in [0.15, 0.2) is 47.4 Å². The van der Waals surface area contributed by atoms with Crippen molar-refractivity contribution in [2.75, 3.05) is 45.3 Å². The maximum atomic E-state index is 12.8. The number of methoxy groups -OCH3 is 2. The van der Waals surface area contributed by atoms with E-state index in [9.17, 15) is 8.42 Å².